The Morgan fingerprint density at radius 2 is 1.79 bits per heavy atom. The van der Waals surface area contributed by atoms with E-state index in [-0.39, 0.29) is 5.78 Å². The summed E-state index contributed by atoms with van der Waals surface area (Å²) >= 11 is 0. The van der Waals surface area contributed by atoms with Crippen molar-refractivity contribution in [2.75, 3.05) is 0 Å². The average Bonchev–Trinajstić information content (AvgIpc) is 2.48. The van der Waals surface area contributed by atoms with Gasteiger partial charge in [0, 0.05) is 23.6 Å². The van der Waals surface area contributed by atoms with Crippen molar-refractivity contribution in [3.05, 3.63) is 65.5 Å². The fourth-order valence-electron chi connectivity index (χ4n) is 2.79. The van der Waals surface area contributed by atoms with Gasteiger partial charge in [0.1, 0.15) is 0 Å². The summed E-state index contributed by atoms with van der Waals surface area (Å²) in [6.07, 6.45) is 6.78. The van der Waals surface area contributed by atoms with Crippen molar-refractivity contribution in [3.8, 4) is 0 Å². The van der Waals surface area contributed by atoms with Crippen molar-refractivity contribution in [1.29, 1.82) is 0 Å². The van der Waals surface area contributed by atoms with Gasteiger partial charge in [-0.15, -0.1) is 0 Å². The van der Waals surface area contributed by atoms with Crippen molar-refractivity contribution >= 4 is 5.78 Å². The highest BCUT2D eigenvalue weighted by Gasteiger charge is 2.21. The zero-order chi connectivity index (χ0) is 13.1. The summed E-state index contributed by atoms with van der Waals surface area (Å²) in [6, 6.07) is 13.8. The maximum absolute atomic E-state index is 12.3. The van der Waals surface area contributed by atoms with E-state index in [1.54, 1.807) is 0 Å². The number of aryl methyl sites for hydroxylation is 1. The number of rotatable bonds is 3. The lowest BCUT2D eigenvalue weighted by Gasteiger charge is -2.13. The predicted octanol–water partition coefficient (Wildman–Crippen LogP) is 2.74. The molecular formula is C17H18NO+. The Hall–Kier alpha value is -1.96. The molecule has 0 fully saturated rings. The Morgan fingerprint density at radius 1 is 1.00 bits per heavy atom. The lowest BCUT2D eigenvalue weighted by atomic mass is 9.95. The van der Waals surface area contributed by atoms with Gasteiger partial charge in [0.25, 0.3) is 0 Å². The number of carbonyl (C=O) groups is 1. The van der Waals surface area contributed by atoms with Gasteiger partial charge >= 0.3 is 0 Å². The smallest absolute Gasteiger partial charge is 0.227 e. The van der Waals surface area contributed by atoms with Crippen LogP contribution in [0.3, 0.4) is 0 Å². The lowest BCUT2D eigenvalue weighted by Crippen LogP contribution is -2.43. The highest BCUT2D eigenvalue weighted by atomic mass is 16.1. The van der Waals surface area contributed by atoms with E-state index in [0.717, 1.165) is 18.4 Å². The Balaban J connectivity index is 1.86. The SMILES string of the molecule is O=C(C[n+]1cccc2c1CCCC2)c1ccccc1. The van der Waals surface area contributed by atoms with Gasteiger partial charge in [-0.25, -0.2) is 0 Å². The number of ketones is 1. The predicted molar refractivity (Wildman–Crippen MR) is 74.1 cm³/mol. The topological polar surface area (TPSA) is 20.9 Å². The summed E-state index contributed by atoms with van der Waals surface area (Å²) < 4.78 is 2.13. The van der Waals surface area contributed by atoms with Crippen LogP contribution >= 0.6 is 0 Å². The molecule has 3 rings (SSSR count). The van der Waals surface area contributed by atoms with Crippen molar-refractivity contribution in [2.45, 2.75) is 32.2 Å². The first-order valence-corrected chi connectivity index (χ1v) is 6.93. The van der Waals surface area contributed by atoms with E-state index in [2.05, 4.69) is 16.7 Å². The van der Waals surface area contributed by atoms with Gasteiger partial charge in [0.15, 0.2) is 11.9 Å². The molecule has 0 unspecified atom stereocenters. The number of Topliss-reactive ketones (excluding diaryl/α,β-unsaturated/α-hetero) is 1. The third-order valence-corrected chi connectivity index (χ3v) is 3.80. The Bertz CT molecular complexity index is 589. The first kappa shape index (κ1) is 12.1. The van der Waals surface area contributed by atoms with E-state index in [1.165, 1.54) is 24.1 Å². The summed E-state index contributed by atoms with van der Waals surface area (Å²) in [5, 5.41) is 0. The first-order chi connectivity index (χ1) is 9.34. The number of aromatic nitrogens is 1. The molecule has 1 aliphatic rings. The highest BCUT2D eigenvalue weighted by Crippen LogP contribution is 2.17. The summed E-state index contributed by atoms with van der Waals surface area (Å²) in [6.45, 7) is 0.452. The number of hydrogen-bond acceptors (Lipinski definition) is 1. The molecule has 1 heterocycles. The molecule has 0 aliphatic heterocycles. The zero-order valence-electron chi connectivity index (χ0n) is 11.0. The van der Waals surface area contributed by atoms with Gasteiger partial charge in [-0.3, -0.25) is 4.79 Å². The van der Waals surface area contributed by atoms with Crippen LogP contribution in [0.2, 0.25) is 0 Å². The second-order valence-electron chi connectivity index (χ2n) is 5.10. The Labute approximate surface area is 113 Å². The maximum atomic E-state index is 12.3. The molecule has 0 spiro atoms. The normalized spacial score (nSPS) is 13.9. The quantitative estimate of drug-likeness (QED) is 0.608. The largest absolute Gasteiger partial charge is 0.287 e. The maximum Gasteiger partial charge on any atom is 0.227 e. The van der Waals surface area contributed by atoms with E-state index in [9.17, 15) is 4.79 Å². The van der Waals surface area contributed by atoms with Gasteiger partial charge in [0.2, 0.25) is 12.3 Å². The second-order valence-corrected chi connectivity index (χ2v) is 5.10. The molecule has 0 atom stereocenters. The molecule has 19 heavy (non-hydrogen) atoms. The minimum atomic E-state index is 0.185. The van der Waals surface area contributed by atoms with Crippen LogP contribution in [0.25, 0.3) is 0 Å². The summed E-state index contributed by atoms with van der Waals surface area (Å²) in [4.78, 5) is 12.3. The monoisotopic (exact) mass is 252 g/mol. The molecule has 0 bridgehead atoms. The molecule has 0 saturated heterocycles. The summed E-state index contributed by atoms with van der Waals surface area (Å²) in [5.74, 6) is 0.185. The van der Waals surface area contributed by atoms with Gasteiger partial charge < -0.3 is 0 Å². The van der Waals surface area contributed by atoms with Crippen molar-refractivity contribution < 1.29 is 9.36 Å². The van der Waals surface area contributed by atoms with Crippen molar-refractivity contribution in [1.82, 2.24) is 0 Å². The van der Waals surface area contributed by atoms with Gasteiger partial charge in [0.05, 0.1) is 0 Å². The molecule has 0 amide bonds. The van der Waals surface area contributed by atoms with Crippen LogP contribution in [0, 0.1) is 0 Å². The summed E-state index contributed by atoms with van der Waals surface area (Å²) in [7, 11) is 0. The van der Waals surface area contributed by atoms with Crippen LogP contribution in [-0.4, -0.2) is 5.78 Å². The van der Waals surface area contributed by atoms with E-state index < -0.39 is 0 Å². The first-order valence-electron chi connectivity index (χ1n) is 6.93. The van der Waals surface area contributed by atoms with Crippen LogP contribution in [0.5, 0.6) is 0 Å². The zero-order valence-corrected chi connectivity index (χ0v) is 11.0. The highest BCUT2D eigenvalue weighted by molar-refractivity contribution is 5.94. The molecule has 2 nitrogen and oxygen atoms in total. The third kappa shape index (κ3) is 2.58. The fourth-order valence-corrected chi connectivity index (χ4v) is 2.79. The second kappa shape index (κ2) is 5.35. The molecule has 2 heteroatoms. The fraction of sp³-hybridized carbons (Fsp3) is 0.294. The van der Waals surface area contributed by atoms with Crippen LogP contribution in [-0.2, 0) is 19.4 Å². The molecule has 0 N–H and O–H groups in total. The van der Waals surface area contributed by atoms with E-state index >= 15 is 0 Å². The molecule has 0 radical (unpaired) electrons. The lowest BCUT2D eigenvalue weighted by molar-refractivity contribution is -0.691. The van der Waals surface area contributed by atoms with E-state index in [0.29, 0.717) is 6.54 Å². The van der Waals surface area contributed by atoms with Gasteiger partial charge in [-0.05, 0) is 25.3 Å². The molecule has 1 aromatic heterocycles. The van der Waals surface area contributed by atoms with Crippen molar-refractivity contribution in [3.63, 3.8) is 0 Å². The van der Waals surface area contributed by atoms with E-state index in [4.69, 9.17) is 0 Å². The number of nitrogens with zero attached hydrogens (tertiary/aromatic N) is 1. The Kier molecular flexibility index (Phi) is 3.41. The summed E-state index contributed by atoms with van der Waals surface area (Å²) in [5.41, 5.74) is 3.55. The Morgan fingerprint density at radius 3 is 2.63 bits per heavy atom. The number of pyridine rings is 1. The molecule has 1 aromatic carbocycles. The molecule has 1 aliphatic carbocycles. The number of fused-ring (bicyclic) bond motifs is 1. The average molecular weight is 252 g/mol. The number of carbonyl (C=O) groups excluding carboxylic acids is 1. The van der Waals surface area contributed by atoms with Crippen LogP contribution < -0.4 is 4.57 Å². The molecular weight excluding hydrogens is 234 g/mol. The van der Waals surface area contributed by atoms with Crippen LogP contribution in [0.4, 0.5) is 0 Å². The van der Waals surface area contributed by atoms with E-state index in [1.807, 2.05) is 36.5 Å². The van der Waals surface area contributed by atoms with Gasteiger partial charge in [-0.1, -0.05) is 30.3 Å². The molecule has 0 saturated carbocycles. The third-order valence-electron chi connectivity index (χ3n) is 3.80. The van der Waals surface area contributed by atoms with Gasteiger partial charge in [-0.2, -0.15) is 4.57 Å². The minimum Gasteiger partial charge on any atom is -0.287 e. The molecule has 2 aromatic rings. The van der Waals surface area contributed by atoms with Crippen LogP contribution in [0.1, 0.15) is 34.5 Å². The standard InChI is InChI=1S/C17H18NO/c19-17(15-8-2-1-3-9-15)13-18-12-6-10-14-7-4-5-11-16(14)18/h1-3,6,8-10,12H,4-5,7,11,13H2/q+1. The van der Waals surface area contributed by atoms with Crippen molar-refractivity contribution in [2.24, 2.45) is 0 Å². The van der Waals surface area contributed by atoms with Crippen LogP contribution in [0.15, 0.2) is 48.7 Å². The number of hydrogen-bond donors (Lipinski definition) is 0. The minimum absolute atomic E-state index is 0.185. The molecule has 96 valence electrons. The number of benzene rings is 1.